The Balaban J connectivity index is 0.00000625. The van der Waals surface area contributed by atoms with Crippen LogP contribution < -0.4 is 34.5 Å². The first kappa shape index (κ1) is 26.8. The summed E-state index contributed by atoms with van der Waals surface area (Å²) in [7, 11) is -2.55. The van der Waals surface area contributed by atoms with Gasteiger partial charge in [0.1, 0.15) is 36.6 Å². The van der Waals surface area contributed by atoms with Crippen molar-refractivity contribution in [2.45, 2.75) is 42.9 Å². The van der Waals surface area contributed by atoms with Crippen LogP contribution in [0.1, 0.15) is 0 Å². The number of aliphatic hydroxyl groups is 5. The van der Waals surface area contributed by atoms with Crippen LogP contribution in [-0.4, -0.2) is 102 Å². The van der Waals surface area contributed by atoms with E-state index in [0.717, 1.165) is 7.11 Å². The predicted octanol–water partition coefficient (Wildman–Crippen LogP) is -6.69. The maximum absolute atomic E-state index is 11.3. The quantitative estimate of drug-likeness (QED) is 0.159. The molecule has 14 heteroatoms. The van der Waals surface area contributed by atoms with Crippen molar-refractivity contribution in [2.75, 3.05) is 34.0 Å². The van der Waals surface area contributed by atoms with Crippen molar-refractivity contribution in [1.29, 1.82) is 0 Å². The molecule has 0 aliphatic carbocycles. The summed E-state index contributed by atoms with van der Waals surface area (Å²) in [6, 6.07) is 0. The minimum absolute atomic E-state index is 0. The van der Waals surface area contributed by atoms with E-state index in [4.69, 9.17) is 9.47 Å². The fourth-order valence-electron chi connectivity index (χ4n) is 2.13. The van der Waals surface area contributed by atoms with Crippen molar-refractivity contribution >= 4 is 7.82 Å². The van der Waals surface area contributed by atoms with Gasteiger partial charge < -0.3 is 53.7 Å². The number of phosphoric ester groups is 1. The van der Waals surface area contributed by atoms with Crippen LogP contribution in [0, 0.1) is 0 Å². The average Bonchev–Trinajstić information content (AvgIpc) is 2.87. The maximum atomic E-state index is 11.3. The van der Waals surface area contributed by atoms with Crippen molar-refractivity contribution < 1.29 is 87.8 Å². The summed E-state index contributed by atoms with van der Waals surface area (Å²) in [5.74, 6) is 0. The van der Waals surface area contributed by atoms with Crippen LogP contribution in [0.2, 0.25) is 0 Å². The SMILES string of the molecule is COCC(O)C(O)C(O)CO[C@@H]1O[C@H](CO)[C@H](OP(=O)([O-])OC)C1O.[Na+]. The minimum atomic E-state index is -4.70. The molecular formula is C12H24NaO12P. The van der Waals surface area contributed by atoms with Gasteiger partial charge in [0.05, 0.1) is 19.8 Å². The van der Waals surface area contributed by atoms with Gasteiger partial charge in [0.2, 0.25) is 0 Å². The van der Waals surface area contributed by atoms with Gasteiger partial charge in [-0.3, -0.25) is 4.57 Å². The van der Waals surface area contributed by atoms with Crippen LogP contribution in [-0.2, 0) is 27.8 Å². The molecule has 5 unspecified atom stereocenters. The Bertz CT molecular complexity index is 442. The van der Waals surface area contributed by atoms with Crippen LogP contribution >= 0.6 is 7.82 Å². The van der Waals surface area contributed by atoms with Crippen LogP contribution in [0.4, 0.5) is 0 Å². The number of phosphoric acid groups is 1. The Morgan fingerprint density at radius 1 is 1.19 bits per heavy atom. The number of hydrogen-bond acceptors (Lipinski definition) is 12. The zero-order valence-corrected chi connectivity index (χ0v) is 17.6. The molecule has 0 aromatic carbocycles. The Labute approximate surface area is 172 Å². The van der Waals surface area contributed by atoms with Gasteiger partial charge in [-0.15, -0.1) is 0 Å². The predicted molar refractivity (Wildman–Crippen MR) is 77.1 cm³/mol. The van der Waals surface area contributed by atoms with Gasteiger partial charge >= 0.3 is 29.6 Å². The molecule has 0 aromatic heterocycles. The molecule has 150 valence electrons. The third-order valence-corrected chi connectivity index (χ3v) is 4.45. The van der Waals surface area contributed by atoms with Gasteiger partial charge in [0, 0.05) is 14.2 Å². The largest absolute Gasteiger partial charge is 1.00 e. The van der Waals surface area contributed by atoms with E-state index in [1.807, 2.05) is 0 Å². The molecule has 0 aromatic rings. The summed E-state index contributed by atoms with van der Waals surface area (Å²) in [6.45, 7) is -1.46. The number of hydrogen-bond donors (Lipinski definition) is 5. The Hall–Kier alpha value is 0.790. The summed E-state index contributed by atoms with van der Waals surface area (Å²) in [4.78, 5) is 11.3. The van der Waals surface area contributed by atoms with Gasteiger partial charge in [-0.1, -0.05) is 0 Å². The van der Waals surface area contributed by atoms with Gasteiger partial charge in [0.25, 0.3) is 7.82 Å². The molecule has 12 nitrogen and oxygen atoms in total. The van der Waals surface area contributed by atoms with Crippen molar-refractivity contribution in [3.8, 4) is 0 Å². The van der Waals surface area contributed by atoms with E-state index >= 15 is 0 Å². The molecule has 0 amide bonds. The first-order valence-corrected chi connectivity index (χ1v) is 8.77. The molecular weight excluding hydrogens is 390 g/mol. The van der Waals surface area contributed by atoms with Crippen molar-refractivity contribution in [2.24, 2.45) is 0 Å². The zero-order chi connectivity index (χ0) is 19.2. The fourth-order valence-corrected chi connectivity index (χ4v) is 2.77. The molecule has 8 atom stereocenters. The third-order valence-electron chi connectivity index (χ3n) is 3.50. The van der Waals surface area contributed by atoms with E-state index in [2.05, 4.69) is 13.8 Å². The van der Waals surface area contributed by atoms with Gasteiger partial charge in [-0.05, 0) is 0 Å². The van der Waals surface area contributed by atoms with Gasteiger partial charge in [-0.25, -0.2) is 0 Å². The second-order valence-electron chi connectivity index (χ2n) is 5.33. The normalized spacial score (nSPS) is 31.7. The molecule has 1 heterocycles. The van der Waals surface area contributed by atoms with E-state index in [-0.39, 0.29) is 36.2 Å². The molecule has 1 fully saturated rings. The number of aliphatic hydroxyl groups excluding tert-OH is 5. The zero-order valence-electron chi connectivity index (χ0n) is 14.7. The molecule has 0 radical (unpaired) electrons. The fraction of sp³-hybridized carbons (Fsp3) is 1.00. The number of methoxy groups -OCH3 is 1. The van der Waals surface area contributed by atoms with Gasteiger partial charge in [-0.2, -0.15) is 0 Å². The Morgan fingerprint density at radius 2 is 1.77 bits per heavy atom. The second kappa shape index (κ2) is 12.4. The van der Waals surface area contributed by atoms with E-state index in [9.17, 15) is 35.0 Å². The molecule has 1 rings (SSSR count). The second-order valence-corrected chi connectivity index (χ2v) is 6.80. The Morgan fingerprint density at radius 3 is 2.27 bits per heavy atom. The summed E-state index contributed by atoms with van der Waals surface area (Å²) >= 11 is 0. The smallest absolute Gasteiger partial charge is 0.756 e. The molecule has 26 heavy (non-hydrogen) atoms. The molecule has 1 saturated heterocycles. The average molecular weight is 414 g/mol. The van der Waals surface area contributed by atoms with E-state index in [0.29, 0.717) is 0 Å². The summed E-state index contributed by atoms with van der Waals surface area (Å²) in [5.41, 5.74) is 0. The first-order chi connectivity index (χ1) is 11.7. The number of rotatable bonds is 11. The van der Waals surface area contributed by atoms with Crippen molar-refractivity contribution in [3.63, 3.8) is 0 Å². The minimum Gasteiger partial charge on any atom is -0.756 e. The first-order valence-electron chi connectivity index (χ1n) is 7.31. The summed E-state index contributed by atoms with van der Waals surface area (Å²) in [5, 5.41) is 48.2. The van der Waals surface area contributed by atoms with Crippen LogP contribution in [0.15, 0.2) is 0 Å². The van der Waals surface area contributed by atoms with Crippen LogP contribution in [0.3, 0.4) is 0 Å². The standard InChI is InChI=1S/C12H25O12P.Na/c1-20-4-6(14)9(16)7(15)5-22-12-10(17)11(8(3-13)23-12)24-25(18,19)21-2;/h6-17H,3-5H2,1-2H3,(H,18,19);/q;+1/p-1/t6?,7?,8-,9?,10?,11+,12-;/m1./s1. The van der Waals surface area contributed by atoms with E-state index in [1.54, 1.807) is 0 Å². The van der Waals surface area contributed by atoms with Crippen molar-refractivity contribution in [3.05, 3.63) is 0 Å². The monoisotopic (exact) mass is 414 g/mol. The van der Waals surface area contributed by atoms with Gasteiger partial charge in [0.15, 0.2) is 6.29 Å². The van der Waals surface area contributed by atoms with E-state index < -0.39 is 64.0 Å². The molecule has 0 spiro atoms. The van der Waals surface area contributed by atoms with Crippen LogP contribution in [0.25, 0.3) is 0 Å². The van der Waals surface area contributed by atoms with Crippen molar-refractivity contribution in [1.82, 2.24) is 0 Å². The summed E-state index contributed by atoms with van der Waals surface area (Å²) in [6.07, 6.45) is -10.3. The maximum Gasteiger partial charge on any atom is 1.00 e. The molecule has 1 aliphatic heterocycles. The van der Waals surface area contributed by atoms with Crippen LogP contribution in [0.5, 0.6) is 0 Å². The topological polar surface area (TPSA) is 187 Å². The summed E-state index contributed by atoms with van der Waals surface area (Å²) < 4.78 is 34.9. The number of ether oxygens (including phenoxy) is 3. The van der Waals surface area contributed by atoms with E-state index in [1.165, 1.54) is 7.11 Å². The third kappa shape index (κ3) is 7.66. The molecule has 1 aliphatic rings. The Kier molecular flexibility index (Phi) is 12.7. The molecule has 0 saturated carbocycles. The molecule has 5 N–H and O–H groups in total. The molecule has 0 bridgehead atoms.